The van der Waals surface area contributed by atoms with Crippen molar-refractivity contribution in [3.63, 3.8) is 0 Å². The van der Waals surface area contributed by atoms with Gasteiger partial charge in [-0.1, -0.05) is 13.2 Å². The Morgan fingerprint density at radius 1 is 1.10 bits per heavy atom. The molecule has 0 radical (unpaired) electrons. The van der Waals surface area contributed by atoms with Crippen molar-refractivity contribution in [1.82, 2.24) is 29.4 Å². The molecule has 2 fully saturated rings. The third-order valence-corrected chi connectivity index (χ3v) is 6.29. The Morgan fingerprint density at radius 2 is 1.86 bits per heavy atom. The van der Waals surface area contributed by atoms with E-state index in [0.29, 0.717) is 12.1 Å². The number of likely N-dealkylation sites (N-methyl/N-ethyl adjacent to an activating group) is 1. The summed E-state index contributed by atoms with van der Waals surface area (Å²) in [5.74, 6) is 0. The van der Waals surface area contributed by atoms with Crippen LogP contribution in [-0.4, -0.2) is 61.6 Å². The average molecular weight is 387 g/mol. The van der Waals surface area contributed by atoms with Crippen molar-refractivity contribution in [2.24, 2.45) is 0 Å². The zero-order chi connectivity index (χ0) is 20.1. The van der Waals surface area contributed by atoms with Crippen LogP contribution in [0.1, 0.15) is 35.4 Å². The summed E-state index contributed by atoms with van der Waals surface area (Å²) in [6.45, 7) is 13.0. The van der Waals surface area contributed by atoms with Gasteiger partial charge in [0.1, 0.15) is 0 Å². The van der Waals surface area contributed by atoms with Crippen molar-refractivity contribution in [2.75, 3.05) is 20.1 Å². The summed E-state index contributed by atoms with van der Waals surface area (Å²) >= 11 is 0. The van der Waals surface area contributed by atoms with E-state index in [-0.39, 0.29) is 0 Å². The molecule has 6 heteroatoms. The molecule has 5 rings (SSSR count). The predicted molar refractivity (Wildman–Crippen MR) is 115 cm³/mol. The van der Waals surface area contributed by atoms with Crippen LogP contribution in [-0.2, 0) is 0 Å². The molecule has 0 saturated carbocycles. The van der Waals surface area contributed by atoms with E-state index in [1.165, 1.54) is 12.8 Å². The molecule has 0 spiro atoms. The van der Waals surface area contributed by atoms with E-state index in [0.717, 1.165) is 52.5 Å². The molecule has 2 bridgehead atoms. The summed E-state index contributed by atoms with van der Waals surface area (Å²) < 4.78 is 1.77. The summed E-state index contributed by atoms with van der Waals surface area (Å²) in [5.41, 5.74) is 6.60. The Bertz CT molecular complexity index is 1100. The summed E-state index contributed by atoms with van der Waals surface area (Å²) in [6.07, 6.45) is 8.01. The molecule has 0 N–H and O–H groups in total. The van der Waals surface area contributed by atoms with Gasteiger partial charge in [-0.25, -0.2) is 9.50 Å². The number of fused-ring (bicyclic) bond motifs is 3. The van der Waals surface area contributed by atoms with Crippen LogP contribution in [0.4, 0.5) is 0 Å². The van der Waals surface area contributed by atoms with Crippen LogP contribution < -0.4 is 0 Å². The zero-order valence-corrected chi connectivity index (χ0v) is 17.0. The Hall–Kier alpha value is -2.99. The van der Waals surface area contributed by atoms with Crippen LogP contribution in [0, 0.1) is 6.92 Å². The Kier molecular flexibility index (Phi) is 4.24. The standard InChI is InChI=1S/C23H26N6/c1-15(22-7-8-23-24-9-10-28(23)26-22)21-11-18(12-25-16(21)2)17(3)29-19-5-6-20(29)14-27(4)13-19/h7-12,19-20H,1,3,5-6,13-14H2,2,4H3. The van der Waals surface area contributed by atoms with E-state index in [1.807, 2.05) is 31.5 Å². The van der Waals surface area contributed by atoms with Crippen LogP contribution in [0.15, 0.2) is 49.9 Å². The van der Waals surface area contributed by atoms with E-state index < -0.39 is 0 Å². The van der Waals surface area contributed by atoms with E-state index in [1.54, 1.807) is 10.7 Å². The SMILES string of the molecule is C=C(c1ccc2nccn2n1)c1cc(C(=C)N2C3CCC2CN(C)C3)cnc1C. The molecule has 3 aromatic heterocycles. The maximum absolute atomic E-state index is 4.67. The van der Waals surface area contributed by atoms with Gasteiger partial charge in [0.2, 0.25) is 0 Å². The van der Waals surface area contributed by atoms with Crippen molar-refractivity contribution in [2.45, 2.75) is 31.8 Å². The maximum atomic E-state index is 4.67. The number of nitrogens with zero attached hydrogens (tertiary/aromatic N) is 6. The Morgan fingerprint density at radius 3 is 2.62 bits per heavy atom. The number of pyridine rings is 1. The molecular weight excluding hydrogens is 360 g/mol. The van der Waals surface area contributed by atoms with Gasteiger partial charge in [0.05, 0.1) is 5.69 Å². The first-order valence-electron chi connectivity index (χ1n) is 10.1. The minimum Gasteiger partial charge on any atom is -0.363 e. The number of rotatable bonds is 4. The minimum absolute atomic E-state index is 0.546. The predicted octanol–water partition coefficient (Wildman–Crippen LogP) is 3.24. The lowest BCUT2D eigenvalue weighted by Crippen LogP contribution is -2.51. The number of hydrogen-bond donors (Lipinski definition) is 0. The largest absolute Gasteiger partial charge is 0.363 e. The minimum atomic E-state index is 0.546. The molecule has 2 unspecified atom stereocenters. The summed E-state index contributed by atoms with van der Waals surface area (Å²) in [7, 11) is 2.21. The highest BCUT2D eigenvalue weighted by Crippen LogP contribution is 2.36. The highest BCUT2D eigenvalue weighted by atomic mass is 15.3. The summed E-state index contributed by atoms with van der Waals surface area (Å²) in [4.78, 5) is 13.9. The van der Waals surface area contributed by atoms with Gasteiger partial charge in [0.25, 0.3) is 0 Å². The lowest BCUT2D eigenvalue weighted by atomic mass is 9.99. The van der Waals surface area contributed by atoms with Crippen LogP contribution in [0.3, 0.4) is 0 Å². The fourth-order valence-electron chi connectivity index (χ4n) is 4.81. The normalized spacial score (nSPS) is 21.7. The molecule has 5 heterocycles. The Labute approximate surface area is 171 Å². The smallest absolute Gasteiger partial charge is 0.153 e. The quantitative estimate of drug-likeness (QED) is 0.689. The van der Waals surface area contributed by atoms with Gasteiger partial charge in [-0.3, -0.25) is 4.98 Å². The molecule has 2 atom stereocenters. The first-order valence-corrected chi connectivity index (χ1v) is 10.1. The molecule has 29 heavy (non-hydrogen) atoms. The summed E-state index contributed by atoms with van der Waals surface area (Å²) in [6, 6.07) is 7.19. The molecule has 0 amide bonds. The number of aryl methyl sites for hydroxylation is 1. The van der Waals surface area contributed by atoms with Gasteiger partial charge < -0.3 is 9.80 Å². The third-order valence-electron chi connectivity index (χ3n) is 6.29. The highest BCUT2D eigenvalue weighted by Gasteiger charge is 2.39. The average Bonchev–Trinajstić information content (AvgIpc) is 3.29. The topological polar surface area (TPSA) is 49.6 Å². The lowest BCUT2D eigenvalue weighted by molar-refractivity contribution is 0.136. The summed E-state index contributed by atoms with van der Waals surface area (Å²) in [5, 5.41) is 4.65. The number of aromatic nitrogens is 4. The molecule has 3 aromatic rings. The van der Waals surface area contributed by atoms with Crippen molar-refractivity contribution in [1.29, 1.82) is 0 Å². The third kappa shape index (κ3) is 3.04. The van der Waals surface area contributed by atoms with Gasteiger partial charge in [-0.15, -0.1) is 0 Å². The first kappa shape index (κ1) is 18.1. The van der Waals surface area contributed by atoms with Gasteiger partial charge >= 0.3 is 0 Å². The van der Waals surface area contributed by atoms with E-state index in [9.17, 15) is 0 Å². The molecule has 148 valence electrons. The van der Waals surface area contributed by atoms with E-state index in [2.05, 4.69) is 51.1 Å². The van der Waals surface area contributed by atoms with E-state index >= 15 is 0 Å². The van der Waals surface area contributed by atoms with E-state index in [4.69, 9.17) is 0 Å². The first-order chi connectivity index (χ1) is 14.0. The van der Waals surface area contributed by atoms with Crippen LogP contribution in [0.5, 0.6) is 0 Å². The van der Waals surface area contributed by atoms with Crippen LogP contribution in [0.25, 0.3) is 16.9 Å². The molecule has 0 aliphatic carbocycles. The van der Waals surface area contributed by atoms with Crippen molar-refractivity contribution in [3.8, 4) is 0 Å². The maximum Gasteiger partial charge on any atom is 0.153 e. The van der Waals surface area contributed by atoms with Crippen molar-refractivity contribution >= 4 is 16.9 Å². The fraction of sp³-hybridized carbons (Fsp3) is 0.348. The zero-order valence-electron chi connectivity index (χ0n) is 17.0. The van der Waals surface area contributed by atoms with Gasteiger partial charge in [0, 0.05) is 71.9 Å². The molecule has 2 aliphatic heterocycles. The monoisotopic (exact) mass is 386 g/mol. The second-order valence-electron chi connectivity index (χ2n) is 8.24. The Balaban J connectivity index is 1.47. The second-order valence-corrected chi connectivity index (χ2v) is 8.24. The number of hydrogen-bond acceptors (Lipinski definition) is 5. The van der Waals surface area contributed by atoms with Crippen molar-refractivity contribution < 1.29 is 0 Å². The molecule has 6 nitrogen and oxygen atoms in total. The van der Waals surface area contributed by atoms with Gasteiger partial charge in [-0.05, 0) is 45.0 Å². The van der Waals surface area contributed by atoms with Gasteiger partial charge in [0.15, 0.2) is 5.65 Å². The number of likely N-dealkylation sites (tertiary alicyclic amines) is 1. The van der Waals surface area contributed by atoms with Crippen LogP contribution >= 0.6 is 0 Å². The number of imidazole rings is 1. The number of piperazine rings is 1. The molecule has 2 saturated heterocycles. The van der Waals surface area contributed by atoms with Gasteiger partial charge in [-0.2, -0.15) is 5.10 Å². The highest BCUT2D eigenvalue weighted by molar-refractivity contribution is 5.79. The fourth-order valence-corrected chi connectivity index (χ4v) is 4.81. The van der Waals surface area contributed by atoms with Crippen LogP contribution in [0.2, 0.25) is 0 Å². The van der Waals surface area contributed by atoms with Crippen molar-refractivity contribution in [3.05, 3.63) is 72.5 Å². The molecule has 2 aliphatic rings. The molecule has 0 aromatic carbocycles. The second kappa shape index (κ2) is 6.81. The lowest BCUT2D eigenvalue weighted by Gasteiger charge is -2.42. The molecular formula is C23H26N6.